The summed E-state index contributed by atoms with van der Waals surface area (Å²) in [7, 11) is 0. The van der Waals surface area contributed by atoms with Gasteiger partial charge in [-0.3, -0.25) is 4.79 Å². The number of hydrogen-bond acceptors (Lipinski definition) is 3. The SMILES string of the molecule is CC1(O)CCN(C(=O)c2ccc(O)cc2)CC1. The Hall–Kier alpha value is -1.55. The molecule has 1 amide bonds. The van der Waals surface area contributed by atoms with Crippen molar-refractivity contribution < 1.29 is 15.0 Å². The number of aliphatic hydroxyl groups is 1. The van der Waals surface area contributed by atoms with E-state index >= 15 is 0 Å². The summed E-state index contributed by atoms with van der Waals surface area (Å²) in [5, 5.41) is 19.0. The Labute approximate surface area is 100 Å². The van der Waals surface area contributed by atoms with E-state index in [9.17, 15) is 9.90 Å². The van der Waals surface area contributed by atoms with E-state index in [-0.39, 0.29) is 11.7 Å². The number of amides is 1. The standard InChI is InChI=1S/C13H17NO3/c1-13(17)6-8-14(9-7-13)12(16)10-2-4-11(15)5-3-10/h2-5,15,17H,6-9H2,1H3. The van der Waals surface area contributed by atoms with Gasteiger partial charge >= 0.3 is 0 Å². The number of benzene rings is 1. The second-order valence-corrected chi connectivity index (χ2v) is 4.84. The lowest BCUT2D eigenvalue weighted by Gasteiger charge is -2.35. The first kappa shape index (κ1) is 11.9. The molecule has 2 rings (SSSR count). The molecule has 17 heavy (non-hydrogen) atoms. The fraction of sp³-hybridized carbons (Fsp3) is 0.462. The van der Waals surface area contributed by atoms with Gasteiger partial charge in [-0.05, 0) is 44.0 Å². The van der Waals surface area contributed by atoms with Crippen LogP contribution in [0.1, 0.15) is 30.1 Å². The Morgan fingerprint density at radius 2 is 1.76 bits per heavy atom. The smallest absolute Gasteiger partial charge is 0.253 e. The van der Waals surface area contributed by atoms with E-state index in [1.165, 1.54) is 12.1 Å². The molecule has 1 heterocycles. The number of nitrogens with zero attached hydrogens (tertiary/aromatic N) is 1. The first-order valence-electron chi connectivity index (χ1n) is 5.79. The molecule has 0 atom stereocenters. The zero-order valence-corrected chi connectivity index (χ0v) is 9.89. The number of hydrogen-bond donors (Lipinski definition) is 2. The molecular weight excluding hydrogens is 218 g/mol. The first-order chi connectivity index (χ1) is 7.98. The lowest BCUT2D eigenvalue weighted by Crippen LogP contribution is -2.45. The van der Waals surface area contributed by atoms with Crippen LogP contribution in [-0.4, -0.2) is 39.7 Å². The van der Waals surface area contributed by atoms with Crippen LogP contribution in [-0.2, 0) is 0 Å². The van der Waals surface area contributed by atoms with E-state index in [1.807, 2.05) is 0 Å². The number of piperidine rings is 1. The highest BCUT2D eigenvalue weighted by molar-refractivity contribution is 5.94. The molecule has 1 aromatic carbocycles. The summed E-state index contributed by atoms with van der Waals surface area (Å²) in [6.45, 7) is 2.95. The number of likely N-dealkylation sites (tertiary alicyclic amines) is 1. The largest absolute Gasteiger partial charge is 0.508 e. The fourth-order valence-corrected chi connectivity index (χ4v) is 1.98. The Bertz CT molecular complexity index is 401. The zero-order valence-electron chi connectivity index (χ0n) is 9.89. The molecule has 0 spiro atoms. The molecule has 4 heteroatoms. The quantitative estimate of drug-likeness (QED) is 0.773. The Kier molecular flexibility index (Phi) is 3.07. The molecule has 0 bridgehead atoms. The van der Waals surface area contributed by atoms with Crippen LogP contribution in [0.4, 0.5) is 0 Å². The molecule has 1 aliphatic rings. The van der Waals surface area contributed by atoms with Crippen LogP contribution in [0.15, 0.2) is 24.3 Å². The summed E-state index contributed by atoms with van der Waals surface area (Å²) >= 11 is 0. The predicted molar refractivity (Wildman–Crippen MR) is 63.9 cm³/mol. The summed E-state index contributed by atoms with van der Waals surface area (Å²) in [4.78, 5) is 13.8. The van der Waals surface area contributed by atoms with Gasteiger partial charge in [0.1, 0.15) is 5.75 Å². The van der Waals surface area contributed by atoms with Crippen molar-refractivity contribution in [3.8, 4) is 5.75 Å². The topological polar surface area (TPSA) is 60.8 Å². The highest BCUT2D eigenvalue weighted by atomic mass is 16.3. The van der Waals surface area contributed by atoms with Gasteiger partial charge in [0.25, 0.3) is 5.91 Å². The van der Waals surface area contributed by atoms with E-state index in [0.717, 1.165) is 0 Å². The van der Waals surface area contributed by atoms with Crippen LogP contribution < -0.4 is 0 Å². The van der Waals surface area contributed by atoms with Crippen LogP contribution in [0.3, 0.4) is 0 Å². The van der Waals surface area contributed by atoms with Crippen molar-refractivity contribution in [2.24, 2.45) is 0 Å². The van der Waals surface area contributed by atoms with Crippen molar-refractivity contribution in [2.45, 2.75) is 25.4 Å². The third-order valence-corrected chi connectivity index (χ3v) is 3.24. The maximum atomic E-state index is 12.1. The molecular formula is C13H17NO3. The van der Waals surface area contributed by atoms with Gasteiger partial charge in [0.15, 0.2) is 0 Å². The van der Waals surface area contributed by atoms with Crippen LogP contribution >= 0.6 is 0 Å². The minimum Gasteiger partial charge on any atom is -0.508 e. The summed E-state index contributed by atoms with van der Waals surface area (Å²) in [6, 6.07) is 6.25. The molecule has 0 aromatic heterocycles. The molecule has 2 N–H and O–H groups in total. The number of phenols is 1. The van der Waals surface area contributed by atoms with Gasteiger partial charge in [-0.25, -0.2) is 0 Å². The number of phenolic OH excluding ortho intramolecular Hbond substituents is 1. The molecule has 0 radical (unpaired) electrons. The third kappa shape index (κ3) is 2.77. The highest BCUT2D eigenvalue weighted by Gasteiger charge is 2.29. The highest BCUT2D eigenvalue weighted by Crippen LogP contribution is 2.22. The van der Waals surface area contributed by atoms with Crippen molar-refractivity contribution >= 4 is 5.91 Å². The van der Waals surface area contributed by atoms with E-state index in [4.69, 9.17) is 5.11 Å². The van der Waals surface area contributed by atoms with Gasteiger partial charge in [-0.2, -0.15) is 0 Å². The van der Waals surface area contributed by atoms with Gasteiger partial charge in [-0.15, -0.1) is 0 Å². The molecule has 4 nitrogen and oxygen atoms in total. The molecule has 0 unspecified atom stereocenters. The van der Waals surface area contributed by atoms with Crippen molar-refractivity contribution in [3.63, 3.8) is 0 Å². The van der Waals surface area contributed by atoms with Crippen LogP contribution in [0.25, 0.3) is 0 Å². The van der Waals surface area contributed by atoms with Crippen LogP contribution in [0.5, 0.6) is 5.75 Å². The Morgan fingerprint density at radius 3 is 2.29 bits per heavy atom. The maximum absolute atomic E-state index is 12.1. The second-order valence-electron chi connectivity index (χ2n) is 4.84. The summed E-state index contributed by atoms with van der Waals surface area (Å²) < 4.78 is 0. The fourth-order valence-electron chi connectivity index (χ4n) is 1.98. The minimum absolute atomic E-state index is 0.0412. The molecule has 1 saturated heterocycles. The number of rotatable bonds is 1. The minimum atomic E-state index is -0.647. The summed E-state index contributed by atoms with van der Waals surface area (Å²) in [5.74, 6) is 0.114. The van der Waals surface area contributed by atoms with Gasteiger partial charge < -0.3 is 15.1 Å². The van der Waals surface area contributed by atoms with Crippen LogP contribution in [0, 0.1) is 0 Å². The number of carbonyl (C=O) groups excluding carboxylic acids is 1. The predicted octanol–water partition coefficient (Wildman–Crippen LogP) is 1.38. The van der Waals surface area contributed by atoms with Gasteiger partial charge in [-0.1, -0.05) is 0 Å². The van der Waals surface area contributed by atoms with Gasteiger partial charge in [0.05, 0.1) is 5.60 Å². The van der Waals surface area contributed by atoms with E-state index < -0.39 is 5.60 Å². The monoisotopic (exact) mass is 235 g/mol. The van der Waals surface area contributed by atoms with Gasteiger partial charge in [0.2, 0.25) is 0 Å². The molecule has 1 aromatic rings. The molecule has 1 fully saturated rings. The van der Waals surface area contributed by atoms with Crippen molar-refractivity contribution in [1.82, 2.24) is 4.90 Å². The number of aromatic hydroxyl groups is 1. The Morgan fingerprint density at radius 1 is 1.24 bits per heavy atom. The average molecular weight is 235 g/mol. The lowest BCUT2D eigenvalue weighted by atomic mass is 9.93. The van der Waals surface area contributed by atoms with E-state index in [1.54, 1.807) is 24.0 Å². The van der Waals surface area contributed by atoms with Crippen molar-refractivity contribution in [1.29, 1.82) is 0 Å². The van der Waals surface area contributed by atoms with E-state index in [0.29, 0.717) is 31.5 Å². The van der Waals surface area contributed by atoms with E-state index in [2.05, 4.69) is 0 Å². The van der Waals surface area contributed by atoms with Crippen molar-refractivity contribution in [3.05, 3.63) is 29.8 Å². The second kappa shape index (κ2) is 4.37. The van der Waals surface area contributed by atoms with Crippen LogP contribution in [0.2, 0.25) is 0 Å². The molecule has 1 aliphatic heterocycles. The zero-order chi connectivity index (χ0) is 12.5. The average Bonchev–Trinajstić information content (AvgIpc) is 2.29. The Balaban J connectivity index is 2.04. The summed E-state index contributed by atoms with van der Waals surface area (Å²) in [5.41, 5.74) is -0.0736. The molecule has 0 saturated carbocycles. The first-order valence-corrected chi connectivity index (χ1v) is 5.79. The third-order valence-electron chi connectivity index (χ3n) is 3.24. The van der Waals surface area contributed by atoms with Gasteiger partial charge in [0, 0.05) is 18.7 Å². The maximum Gasteiger partial charge on any atom is 0.253 e. The molecule has 0 aliphatic carbocycles. The van der Waals surface area contributed by atoms with Crippen molar-refractivity contribution in [2.75, 3.05) is 13.1 Å². The number of carbonyl (C=O) groups is 1. The summed E-state index contributed by atoms with van der Waals surface area (Å²) in [6.07, 6.45) is 1.22. The normalized spacial score (nSPS) is 19.1. The lowest BCUT2D eigenvalue weighted by molar-refractivity contribution is -0.00202. The molecule has 92 valence electrons.